The van der Waals surface area contributed by atoms with Gasteiger partial charge in [0.2, 0.25) is 0 Å². The van der Waals surface area contributed by atoms with Gasteiger partial charge in [-0.1, -0.05) is 33.6 Å². The second-order valence-corrected chi connectivity index (χ2v) is 4.43. The zero-order valence-electron chi connectivity index (χ0n) is 9.47. The summed E-state index contributed by atoms with van der Waals surface area (Å²) >= 11 is 0. The third-order valence-corrected chi connectivity index (χ3v) is 2.28. The quantitative estimate of drug-likeness (QED) is 0.569. The van der Waals surface area contributed by atoms with Crippen LogP contribution < -0.4 is 11.1 Å². The molecule has 0 aromatic carbocycles. The van der Waals surface area contributed by atoms with Gasteiger partial charge >= 0.3 is 0 Å². The maximum atomic E-state index is 5.51. The molecule has 2 heteroatoms. The molecule has 0 radical (unpaired) electrons. The van der Waals surface area contributed by atoms with Gasteiger partial charge in [-0.25, -0.2) is 0 Å². The predicted molar refractivity (Wildman–Crippen MR) is 59.8 cm³/mol. The molecule has 0 amide bonds. The van der Waals surface area contributed by atoms with Gasteiger partial charge in [0.15, 0.2) is 0 Å². The van der Waals surface area contributed by atoms with Crippen molar-refractivity contribution in [2.45, 2.75) is 40.0 Å². The zero-order chi connectivity index (χ0) is 10.1. The van der Waals surface area contributed by atoms with E-state index in [2.05, 4.69) is 26.1 Å². The maximum absolute atomic E-state index is 5.51. The fourth-order valence-corrected chi connectivity index (χ4v) is 1.23. The summed E-state index contributed by atoms with van der Waals surface area (Å²) in [5.41, 5.74) is 5.51. The number of hydrogen-bond acceptors (Lipinski definition) is 2. The molecule has 1 atom stereocenters. The molecule has 0 aromatic rings. The highest BCUT2D eigenvalue weighted by atomic mass is 14.9. The number of nitrogens with one attached hydrogen (secondary N) is 1. The minimum atomic E-state index is 0.616. The van der Waals surface area contributed by atoms with Crippen molar-refractivity contribution in [1.29, 1.82) is 0 Å². The van der Waals surface area contributed by atoms with Crippen LogP contribution in [0.1, 0.15) is 40.0 Å². The van der Waals surface area contributed by atoms with Crippen molar-refractivity contribution >= 4 is 0 Å². The fraction of sp³-hybridized carbons (Fsp3) is 1.00. The Kier molecular flexibility index (Phi) is 8.46. The summed E-state index contributed by atoms with van der Waals surface area (Å²) in [5.74, 6) is 1.47. The zero-order valence-corrected chi connectivity index (χ0v) is 9.47. The van der Waals surface area contributed by atoms with Crippen LogP contribution in [0, 0.1) is 11.8 Å². The van der Waals surface area contributed by atoms with Crippen molar-refractivity contribution in [3.05, 3.63) is 0 Å². The Morgan fingerprint density at radius 2 is 1.85 bits per heavy atom. The van der Waals surface area contributed by atoms with Crippen molar-refractivity contribution in [2.24, 2.45) is 17.6 Å². The van der Waals surface area contributed by atoms with Gasteiger partial charge < -0.3 is 11.1 Å². The highest BCUT2D eigenvalue weighted by Crippen LogP contribution is 2.05. The molecule has 0 saturated heterocycles. The third-order valence-electron chi connectivity index (χ3n) is 2.28. The smallest absolute Gasteiger partial charge is 0.00111 e. The van der Waals surface area contributed by atoms with Gasteiger partial charge in [-0.3, -0.25) is 0 Å². The molecule has 0 spiro atoms. The topological polar surface area (TPSA) is 38.0 Å². The van der Waals surface area contributed by atoms with E-state index in [4.69, 9.17) is 5.73 Å². The molecule has 0 bridgehead atoms. The fourth-order valence-electron chi connectivity index (χ4n) is 1.23. The number of unbranched alkanes of at least 4 members (excludes halogenated alkanes) is 1. The van der Waals surface area contributed by atoms with Gasteiger partial charge in [0, 0.05) is 0 Å². The van der Waals surface area contributed by atoms with E-state index in [0.29, 0.717) is 5.92 Å². The Bertz CT molecular complexity index is 102. The van der Waals surface area contributed by atoms with E-state index >= 15 is 0 Å². The van der Waals surface area contributed by atoms with Gasteiger partial charge in [-0.15, -0.1) is 0 Å². The molecule has 2 nitrogen and oxygen atoms in total. The van der Waals surface area contributed by atoms with E-state index in [0.717, 1.165) is 25.6 Å². The van der Waals surface area contributed by atoms with Crippen LogP contribution >= 0.6 is 0 Å². The van der Waals surface area contributed by atoms with E-state index in [1.807, 2.05) is 0 Å². The van der Waals surface area contributed by atoms with Crippen LogP contribution in [0.3, 0.4) is 0 Å². The lowest BCUT2D eigenvalue weighted by Crippen LogP contribution is -2.26. The van der Waals surface area contributed by atoms with E-state index in [-0.39, 0.29) is 0 Å². The summed E-state index contributed by atoms with van der Waals surface area (Å²) in [6, 6.07) is 0. The van der Waals surface area contributed by atoms with Gasteiger partial charge in [0.1, 0.15) is 0 Å². The average molecular weight is 186 g/mol. The van der Waals surface area contributed by atoms with Crippen LogP contribution in [-0.4, -0.2) is 19.6 Å². The van der Waals surface area contributed by atoms with Gasteiger partial charge in [0.05, 0.1) is 0 Å². The molecular formula is C11H26N2. The van der Waals surface area contributed by atoms with Crippen LogP contribution in [0.2, 0.25) is 0 Å². The minimum absolute atomic E-state index is 0.616. The molecule has 0 rings (SSSR count). The van der Waals surface area contributed by atoms with Crippen LogP contribution in [0.4, 0.5) is 0 Å². The first kappa shape index (κ1) is 12.9. The Morgan fingerprint density at radius 3 is 2.38 bits per heavy atom. The summed E-state index contributed by atoms with van der Waals surface area (Å²) in [6.07, 6.45) is 4.01. The summed E-state index contributed by atoms with van der Waals surface area (Å²) in [7, 11) is 0. The number of rotatable bonds is 8. The summed E-state index contributed by atoms with van der Waals surface area (Å²) in [5, 5.41) is 3.43. The SMILES string of the molecule is CC(C)CCCCNCC(C)CN. The molecular weight excluding hydrogens is 160 g/mol. The van der Waals surface area contributed by atoms with Crippen molar-refractivity contribution in [2.75, 3.05) is 19.6 Å². The summed E-state index contributed by atoms with van der Waals surface area (Å²) < 4.78 is 0. The van der Waals surface area contributed by atoms with E-state index in [1.165, 1.54) is 19.3 Å². The lowest BCUT2D eigenvalue weighted by molar-refractivity contribution is 0.487. The van der Waals surface area contributed by atoms with Crippen LogP contribution in [-0.2, 0) is 0 Å². The Morgan fingerprint density at radius 1 is 1.15 bits per heavy atom. The molecule has 0 heterocycles. The van der Waals surface area contributed by atoms with Crippen molar-refractivity contribution in [3.63, 3.8) is 0 Å². The second kappa shape index (κ2) is 8.52. The maximum Gasteiger partial charge on any atom is -0.00111 e. The molecule has 0 aliphatic carbocycles. The van der Waals surface area contributed by atoms with Crippen molar-refractivity contribution in [1.82, 2.24) is 5.32 Å². The largest absolute Gasteiger partial charge is 0.330 e. The first-order valence-corrected chi connectivity index (χ1v) is 5.57. The first-order chi connectivity index (χ1) is 6.16. The minimum Gasteiger partial charge on any atom is -0.330 e. The summed E-state index contributed by atoms with van der Waals surface area (Å²) in [6.45, 7) is 9.75. The highest BCUT2D eigenvalue weighted by Gasteiger charge is 1.97. The van der Waals surface area contributed by atoms with Crippen molar-refractivity contribution in [3.8, 4) is 0 Å². The van der Waals surface area contributed by atoms with Crippen molar-refractivity contribution < 1.29 is 0 Å². The number of hydrogen-bond donors (Lipinski definition) is 2. The Hall–Kier alpha value is -0.0800. The van der Waals surface area contributed by atoms with E-state index in [1.54, 1.807) is 0 Å². The lowest BCUT2D eigenvalue weighted by Gasteiger charge is -2.10. The first-order valence-electron chi connectivity index (χ1n) is 5.57. The third kappa shape index (κ3) is 9.84. The normalized spacial score (nSPS) is 13.6. The van der Waals surface area contributed by atoms with E-state index < -0.39 is 0 Å². The highest BCUT2D eigenvalue weighted by molar-refractivity contribution is 4.57. The second-order valence-electron chi connectivity index (χ2n) is 4.43. The van der Waals surface area contributed by atoms with Crippen LogP contribution in [0.25, 0.3) is 0 Å². The molecule has 13 heavy (non-hydrogen) atoms. The average Bonchev–Trinajstić information content (AvgIpc) is 2.10. The monoisotopic (exact) mass is 186 g/mol. The van der Waals surface area contributed by atoms with Crippen LogP contribution in [0.15, 0.2) is 0 Å². The molecule has 0 aliphatic heterocycles. The molecule has 3 N–H and O–H groups in total. The Balaban J connectivity index is 2.99. The molecule has 0 aromatic heterocycles. The molecule has 1 unspecified atom stereocenters. The molecule has 0 aliphatic rings. The standard InChI is InChI=1S/C11H26N2/c1-10(2)6-4-5-7-13-9-11(3)8-12/h10-11,13H,4-9,12H2,1-3H3. The Labute approximate surface area is 83.3 Å². The van der Waals surface area contributed by atoms with Gasteiger partial charge in [0.25, 0.3) is 0 Å². The molecule has 80 valence electrons. The predicted octanol–water partition coefficient (Wildman–Crippen LogP) is 2.00. The lowest BCUT2D eigenvalue weighted by atomic mass is 10.1. The van der Waals surface area contributed by atoms with E-state index in [9.17, 15) is 0 Å². The van der Waals surface area contributed by atoms with Gasteiger partial charge in [-0.2, -0.15) is 0 Å². The van der Waals surface area contributed by atoms with Gasteiger partial charge in [-0.05, 0) is 37.9 Å². The summed E-state index contributed by atoms with van der Waals surface area (Å²) in [4.78, 5) is 0. The van der Waals surface area contributed by atoms with Crippen LogP contribution in [0.5, 0.6) is 0 Å². The molecule has 0 fully saturated rings. The molecule has 0 saturated carbocycles. The number of nitrogens with two attached hydrogens (primary N) is 1.